The SMILES string of the molecule is C.C/C=C(/CCC=C(C)C)CC1=C(C)C(=O)C(OC)=C(OC)C1=O.C/C=[C](/CCC=C(C)C)[Al]([CH3])[CH3].CC(C)=CCC/C(C)=[CH]/[Al]([CH3])[CH3].COC1=C(OC)C(=O)C(CC=C(C)C)=C(C)C1=O.COC1=C(OC)C(=O)C(CCl)=C(C)C1=O. The van der Waals surface area contributed by atoms with Crippen molar-refractivity contribution in [3.63, 3.8) is 0 Å². The van der Waals surface area contributed by atoms with E-state index in [9.17, 15) is 28.8 Å². The van der Waals surface area contributed by atoms with Gasteiger partial charge in [-0.2, -0.15) is 0 Å². The number of ketones is 6. The summed E-state index contributed by atoms with van der Waals surface area (Å²) >= 11 is 4.60. The van der Waals surface area contributed by atoms with Crippen LogP contribution in [-0.4, -0.2) is 112 Å². The van der Waals surface area contributed by atoms with Gasteiger partial charge < -0.3 is 28.4 Å². The van der Waals surface area contributed by atoms with Gasteiger partial charge in [-0.1, -0.05) is 71.2 Å². The second-order valence-corrected chi connectivity index (χ2v) is 27.1. The number of halogens is 1. The molecule has 0 aromatic carbocycles. The molecule has 450 valence electrons. The first-order valence-corrected chi connectivity index (χ1v) is 33.8. The molecule has 0 aromatic rings. The molecule has 0 fully saturated rings. The molecule has 3 rings (SSSR count). The highest BCUT2D eigenvalue weighted by Crippen LogP contribution is 2.32. The van der Waals surface area contributed by atoms with Crippen LogP contribution in [0.15, 0.2) is 147 Å². The van der Waals surface area contributed by atoms with Crippen molar-refractivity contribution < 1.29 is 57.2 Å². The van der Waals surface area contributed by atoms with Crippen LogP contribution in [0.3, 0.4) is 0 Å². The third-order valence-electron chi connectivity index (χ3n) is 12.8. The van der Waals surface area contributed by atoms with Crippen LogP contribution in [0.2, 0.25) is 23.1 Å². The number of methoxy groups -OCH3 is 6. The topological polar surface area (TPSA) is 158 Å². The Morgan fingerprint density at radius 3 is 1.09 bits per heavy atom. The Bertz CT molecular complexity index is 2610. The molecular weight excluding hydrogens is 1070 g/mol. The van der Waals surface area contributed by atoms with Gasteiger partial charge >= 0.3 is 0 Å². The van der Waals surface area contributed by atoms with Crippen molar-refractivity contribution >= 4 is 74.6 Å². The lowest BCUT2D eigenvalue weighted by molar-refractivity contribution is -0.121. The van der Waals surface area contributed by atoms with Gasteiger partial charge in [0.25, 0.3) is 28.3 Å². The van der Waals surface area contributed by atoms with Crippen molar-refractivity contribution in [1.82, 2.24) is 0 Å². The molecule has 0 saturated carbocycles. The zero-order valence-electron chi connectivity index (χ0n) is 53.3. The number of Topliss-reactive ketones (excluding diaryl/α,β-unsaturated/α-hetero) is 6. The van der Waals surface area contributed by atoms with Crippen LogP contribution in [0.5, 0.6) is 0 Å². The molecule has 0 spiro atoms. The Morgan fingerprint density at radius 2 is 0.765 bits per heavy atom. The van der Waals surface area contributed by atoms with E-state index < -0.39 is 28.3 Å². The van der Waals surface area contributed by atoms with E-state index in [0.29, 0.717) is 40.7 Å². The van der Waals surface area contributed by atoms with Gasteiger partial charge in [0.05, 0.1) is 48.5 Å². The van der Waals surface area contributed by atoms with E-state index in [1.54, 1.807) is 30.8 Å². The van der Waals surface area contributed by atoms with Crippen LogP contribution in [0.4, 0.5) is 0 Å². The number of carbonyl (C=O) groups excluding carboxylic acids is 6. The standard InChI is InChI=1S/C19H26O4.C14H18O4.C10H11ClO4.2C9H15.CH4.4CH3.2Al/c1-7-14(10-8-9-12(2)3)11-15-13(4)16(20)18(22-5)19(23-6)17(15)21;1-8(2)6-7-10-9(3)11(15)13(17-4)14(18-5)12(10)16;1-5-6(4-11)8(13)10(15-3)9(14-2)7(5)12;1-8(2)6-5-7-9(3)4;1-4-5-6-7-8-9(2)3;;;;;;;/h7,9H,8,10-11H2,1-6H3;6H,7H2,1-5H3;4H2,1-3H3;1,7H,5-6H2,2-4H3;4,8H,6-7H2,1-3H3;1H4;4*1H3;;/b14-7-;;;;;;;;;;;. The molecule has 12 nitrogen and oxygen atoms in total. The molecule has 3 aliphatic rings. The van der Waals surface area contributed by atoms with E-state index in [0.717, 1.165) is 24.0 Å². The molecule has 0 saturated heterocycles. The first-order valence-electron chi connectivity index (χ1n) is 27.4. The number of carbonyl (C=O) groups is 6. The van der Waals surface area contributed by atoms with Gasteiger partial charge in [-0.15, -0.1) is 50.2 Å². The van der Waals surface area contributed by atoms with Crippen LogP contribution in [-0.2, 0) is 57.2 Å². The van der Waals surface area contributed by atoms with Crippen LogP contribution in [0.25, 0.3) is 0 Å². The lowest BCUT2D eigenvalue weighted by Crippen LogP contribution is -2.25. The predicted octanol–water partition coefficient (Wildman–Crippen LogP) is 16.1. The summed E-state index contributed by atoms with van der Waals surface area (Å²) < 4.78 is 31.5. The molecule has 0 bridgehead atoms. The van der Waals surface area contributed by atoms with E-state index in [-0.39, 0.29) is 88.1 Å². The second-order valence-electron chi connectivity index (χ2n) is 21.0. The second kappa shape index (κ2) is 42.6. The Hall–Kier alpha value is -5.21. The number of ether oxygens (including phenoxy) is 6. The Labute approximate surface area is 503 Å². The molecule has 0 heterocycles. The molecule has 81 heavy (non-hydrogen) atoms. The minimum atomic E-state index is -0.517. The fourth-order valence-electron chi connectivity index (χ4n) is 8.14. The average Bonchev–Trinajstić information content (AvgIpc) is 3.39. The van der Waals surface area contributed by atoms with E-state index in [1.165, 1.54) is 85.1 Å². The Morgan fingerprint density at radius 1 is 0.444 bits per heavy atom. The fourth-order valence-corrected chi connectivity index (χ4v) is 11.2. The molecule has 15 heteroatoms. The first kappa shape index (κ1) is 80.0. The van der Waals surface area contributed by atoms with E-state index in [1.807, 2.05) is 32.9 Å². The van der Waals surface area contributed by atoms with E-state index in [2.05, 4.69) is 108 Å². The first-order chi connectivity index (χ1) is 37.5. The number of hydrogen-bond acceptors (Lipinski definition) is 12. The maximum Gasteiger partial charge on any atom is 0.292 e. The van der Waals surface area contributed by atoms with Crippen molar-refractivity contribution in [3.05, 3.63) is 147 Å². The average molecular weight is 1180 g/mol. The number of rotatable bonds is 22. The molecule has 0 aliphatic heterocycles. The normalized spacial score (nSPS) is 14.7. The summed E-state index contributed by atoms with van der Waals surface area (Å²) in [6, 6.07) is 0. The predicted molar refractivity (Wildman–Crippen MR) is 340 cm³/mol. The fraction of sp³-hybridized carbons (Fsp3) is 0.515. The summed E-state index contributed by atoms with van der Waals surface area (Å²) in [5.41, 5.74) is 10.4. The highest BCUT2D eigenvalue weighted by Gasteiger charge is 2.36. The molecule has 3 aliphatic carbocycles. The lowest BCUT2D eigenvalue weighted by Gasteiger charge is -2.21. The van der Waals surface area contributed by atoms with Gasteiger partial charge in [0.15, 0.2) is 0 Å². The molecule has 0 aromatic heterocycles. The maximum atomic E-state index is 12.6. The summed E-state index contributed by atoms with van der Waals surface area (Å²) in [6.45, 7) is 27.9. The monoisotopic (exact) mass is 1170 g/mol. The number of hydrogen-bond donors (Lipinski definition) is 0. The van der Waals surface area contributed by atoms with Gasteiger partial charge in [0.1, 0.15) is 0 Å². The van der Waals surface area contributed by atoms with E-state index in [4.69, 9.17) is 40.0 Å². The smallest absolute Gasteiger partial charge is 0.292 e. The third-order valence-corrected chi connectivity index (χ3v) is 16.4. The van der Waals surface area contributed by atoms with Crippen molar-refractivity contribution in [1.29, 1.82) is 0 Å². The summed E-state index contributed by atoms with van der Waals surface area (Å²) in [6.07, 6.45) is 20.7. The largest absolute Gasteiger partial charge is 0.489 e. The Balaban J connectivity index is -0.000000958. The van der Waals surface area contributed by atoms with Gasteiger partial charge in [0.2, 0.25) is 69.3 Å². The van der Waals surface area contributed by atoms with Gasteiger partial charge in [-0.3, -0.25) is 28.8 Å². The van der Waals surface area contributed by atoms with Gasteiger partial charge in [0, 0.05) is 33.4 Å². The molecule has 0 unspecified atom stereocenters. The van der Waals surface area contributed by atoms with Crippen molar-refractivity contribution in [2.24, 2.45) is 0 Å². The summed E-state index contributed by atoms with van der Waals surface area (Å²) in [5.74, 6) is 7.50. The molecule has 0 N–H and O–H groups in total. The number of allylic oxidation sites excluding steroid dienone is 19. The molecule has 0 amide bonds. The maximum absolute atomic E-state index is 12.6. The lowest BCUT2D eigenvalue weighted by atomic mass is 9.87. The Kier molecular flexibility index (Phi) is 42.1. The van der Waals surface area contributed by atoms with Gasteiger partial charge in [-0.05, 0) is 148 Å². The molecule has 0 atom stereocenters. The number of alkyl halides is 1. The highest BCUT2D eigenvalue weighted by atomic mass is 35.5. The zero-order valence-corrected chi connectivity index (χ0v) is 56.4. The van der Waals surface area contributed by atoms with Crippen LogP contribution < -0.4 is 0 Å². The third kappa shape index (κ3) is 27.6. The highest BCUT2D eigenvalue weighted by molar-refractivity contribution is 6.64. The van der Waals surface area contributed by atoms with Crippen molar-refractivity contribution in [3.8, 4) is 0 Å². The van der Waals surface area contributed by atoms with Crippen LogP contribution >= 0.6 is 11.6 Å². The van der Waals surface area contributed by atoms with Crippen LogP contribution in [0.1, 0.15) is 156 Å². The zero-order chi connectivity index (χ0) is 62.1. The summed E-state index contributed by atoms with van der Waals surface area (Å²) in [7, 11) is 8.09. The van der Waals surface area contributed by atoms with Crippen molar-refractivity contribution in [2.45, 2.75) is 179 Å². The minimum absolute atomic E-state index is 0. The molecule has 0 radical (unpaired) electrons. The quantitative estimate of drug-likeness (QED) is 0.0438. The van der Waals surface area contributed by atoms with Crippen molar-refractivity contribution in [2.75, 3.05) is 48.5 Å². The van der Waals surface area contributed by atoms with Crippen LogP contribution in [0, 0.1) is 0 Å². The van der Waals surface area contributed by atoms with Gasteiger partial charge in [-0.25, -0.2) is 0 Å². The minimum Gasteiger partial charge on any atom is -0.489 e. The van der Waals surface area contributed by atoms with E-state index >= 15 is 0 Å². The molecular formula is C66H101Al2ClO12. The summed E-state index contributed by atoms with van der Waals surface area (Å²) in [4.78, 5) is 75.1. The summed E-state index contributed by atoms with van der Waals surface area (Å²) in [5, 5.41) is 0.